The zero-order valence-electron chi connectivity index (χ0n) is 6.63. The van der Waals surface area contributed by atoms with Gasteiger partial charge in [0.15, 0.2) is 0 Å². The first kappa shape index (κ1) is 9.26. The monoisotopic (exact) mass is 227 g/mol. The molecule has 0 aliphatic heterocycles. The van der Waals surface area contributed by atoms with Crippen LogP contribution in [0, 0.1) is 6.07 Å². The minimum Gasteiger partial charge on any atom is -0.462 e. The highest BCUT2D eigenvalue weighted by Crippen LogP contribution is 2.11. The van der Waals surface area contributed by atoms with Gasteiger partial charge in [-0.25, -0.2) is 4.79 Å². The molecule has 0 amide bonds. The summed E-state index contributed by atoms with van der Waals surface area (Å²) in [6.45, 7) is 2.18. The molecule has 3 heteroatoms. The Labute approximate surface area is 79.7 Å². The van der Waals surface area contributed by atoms with Crippen LogP contribution >= 0.6 is 15.9 Å². The quantitative estimate of drug-likeness (QED) is 0.726. The van der Waals surface area contributed by atoms with E-state index in [0.717, 1.165) is 4.47 Å². The van der Waals surface area contributed by atoms with Crippen LogP contribution in [0.3, 0.4) is 0 Å². The largest absolute Gasteiger partial charge is 0.462 e. The maximum Gasteiger partial charge on any atom is 0.338 e. The molecule has 1 radical (unpaired) electrons. The molecule has 0 aliphatic rings. The molecule has 0 aliphatic carbocycles. The van der Waals surface area contributed by atoms with Gasteiger partial charge in [0.25, 0.3) is 0 Å². The van der Waals surface area contributed by atoms with Crippen molar-refractivity contribution in [2.45, 2.75) is 6.92 Å². The zero-order valence-corrected chi connectivity index (χ0v) is 8.22. The fourth-order valence-corrected chi connectivity index (χ4v) is 1.16. The third-order valence-corrected chi connectivity index (χ3v) is 1.74. The average Bonchev–Trinajstić information content (AvgIpc) is 2.05. The molecule has 0 saturated carbocycles. The lowest BCUT2D eigenvalue weighted by atomic mass is 10.2. The van der Waals surface area contributed by atoms with Crippen molar-refractivity contribution in [1.82, 2.24) is 0 Å². The van der Waals surface area contributed by atoms with Gasteiger partial charge in [0.05, 0.1) is 12.2 Å². The Hall–Kier alpha value is -0.830. The first-order chi connectivity index (χ1) is 5.74. The number of halogens is 1. The van der Waals surface area contributed by atoms with Crippen LogP contribution < -0.4 is 0 Å². The lowest BCUT2D eigenvalue weighted by Gasteiger charge is -2.00. The van der Waals surface area contributed by atoms with Crippen LogP contribution in [-0.2, 0) is 4.74 Å². The molecule has 0 fully saturated rings. The topological polar surface area (TPSA) is 26.3 Å². The summed E-state index contributed by atoms with van der Waals surface area (Å²) in [7, 11) is 0. The van der Waals surface area contributed by atoms with Gasteiger partial charge in [0.1, 0.15) is 0 Å². The van der Waals surface area contributed by atoms with E-state index in [1.165, 1.54) is 0 Å². The van der Waals surface area contributed by atoms with Gasteiger partial charge in [-0.05, 0) is 25.1 Å². The molecule has 63 valence electrons. The molecule has 1 aromatic carbocycles. The van der Waals surface area contributed by atoms with Crippen molar-refractivity contribution in [1.29, 1.82) is 0 Å². The maximum absolute atomic E-state index is 11.1. The van der Waals surface area contributed by atoms with Gasteiger partial charge in [0.2, 0.25) is 0 Å². The highest BCUT2D eigenvalue weighted by atomic mass is 79.9. The lowest BCUT2D eigenvalue weighted by molar-refractivity contribution is 0.0526. The van der Waals surface area contributed by atoms with Gasteiger partial charge in [-0.15, -0.1) is 0 Å². The number of esters is 1. The molecule has 0 spiro atoms. The van der Waals surface area contributed by atoms with Crippen molar-refractivity contribution in [2.24, 2.45) is 0 Å². The summed E-state index contributed by atoms with van der Waals surface area (Å²) in [6.07, 6.45) is 0. The van der Waals surface area contributed by atoms with Crippen molar-refractivity contribution < 1.29 is 9.53 Å². The smallest absolute Gasteiger partial charge is 0.338 e. The molecule has 1 rings (SSSR count). The van der Waals surface area contributed by atoms with Crippen molar-refractivity contribution in [3.63, 3.8) is 0 Å². The summed E-state index contributed by atoms with van der Waals surface area (Å²) >= 11 is 3.22. The Morgan fingerprint density at radius 2 is 2.50 bits per heavy atom. The van der Waals surface area contributed by atoms with E-state index in [1.54, 1.807) is 25.1 Å². The molecule has 0 unspecified atom stereocenters. The molecule has 1 aromatic rings. The predicted molar refractivity (Wildman–Crippen MR) is 48.9 cm³/mol. The molecule has 0 bridgehead atoms. The summed E-state index contributed by atoms with van der Waals surface area (Å²) < 4.78 is 5.57. The molecule has 0 N–H and O–H groups in total. The zero-order chi connectivity index (χ0) is 8.97. The van der Waals surface area contributed by atoms with E-state index >= 15 is 0 Å². The van der Waals surface area contributed by atoms with Crippen LogP contribution in [0.1, 0.15) is 17.3 Å². The second-order valence-electron chi connectivity index (χ2n) is 2.15. The molecule has 0 heterocycles. The number of carbonyl (C=O) groups is 1. The van der Waals surface area contributed by atoms with Crippen molar-refractivity contribution in [3.8, 4) is 0 Å². The third kappa shape index (κ3) is 2.34. The van der Waals surface area contributed by atoms with E-state index in [9.17, 15) is 4.79 Å². The van der Waals surface area contributed by atoms with E-state index in [-0.39, 0.29) is 5.97 Å². The standard InChI is InChI=1S/C9H8BrO2/c1-2-12-9(11)7-4-3-5-8(10)6-7/h3-4,6H,2H2,1H3. The highest BCUT2D eigenvalue weighted by Gasteiger charge is 2.04. The maximum atomic E-state index is 11.1. The summed E-state index contributed by atoms with van der Waals surface area (Å²) in [5.41, 5.74) is 0.544. The third-order valence-electron chi connectivity index (χ3n) is 1.28. The molecule has 0 aromatic heterocycles. The minimum atomic E-state index is -0.299. The second kappa shape index (κ2) is 4.26. The van der Waals surface area contributed by atoms with Crippen LogP contribution in [0.2, 0.25) is 0 Å². The first-order valence-corrected chi connectivity index (χ1v) is 4.37. The average molecular weight is 228 g/mol. The fourth-order valence-electron chi connectivity index (χ4n) is 0.779. The molecule has 0 saturated heterocycles. The fraction of sp³-hybridized carbons (Fsp3) is 0.222. The SMILES string of the molecule is CCOC(=O)c1cc[c]c(Br)c1. The van der Waals surface area contributed by atoms with Crippen LogP contribution in [-0.4, -0.2) is 12.6 Å². The number of hydrogen-bond donors (Lipinski definition) is 0. The normalized spacial score (nSPS) is 9.50. The lowest BCUT2D eigenvalue weighted by Crippen LogP contribution is -2.03. The summed E-state index contributed by atoms with van der Waals surface area (Å²) in [4.78, 5) is 11.1. The van der Waals surface area contributed by atoms with Crippen molar-refractivity contribution >= 4 is 21.9 Å². The number of carbonyl (C=O) groups excluding carboxylic acids is 1. The predicted octanol–water partition coefficient (Wildman–Crippen LogP) is 2.43. The Morgan fingerprint density at radius 3 is 3.08 bits per heavy atom. The molecule has 0 atom stereocenters. The molecule has 2 nitrogen and oxygen atoms in total. The molecular weight excluding hydrogens is 220 g/mol. The number of hydrogen-bond acceptors (Lipinski definition) is 2. The first-order valence-electron chi connectivity index (χ1n) is 3.58. The Kier molecular flexibility index (Phi) is 3.29. The van der Waals surface area contributed by atoms with Gasteiger partial charge in [0, 0.05) is 4.47 Å². The van der Waals surface area contributed by atoms with Crippen LogP contribution in [0.4, 0.5) is 0 Å². The molecule has 12 heavy (non-hydrogen) atoms. The minimum absolute atomic E-state index is 0.299. The van der Waals surface area contributed by atoms with E-state index < -0.39 is 0 Å². The number of rotatable bonds is 2. The number of benzene rings is 1. The number of ether oxygens (including phenoxy) is 1. The van der Waals surface area contributed by atoms with Gasteiger partial charge < -0.3 is 4.74 Å². The van der Waals surface area contributed by atoms with Gasteiger partial charge >= 0.3 is 5.97 Å². The highest BCUT2D eigenvalue weighted by molar-refractivity contribution is 9.10. The van der Waals surface area contributed by atoms with Crippen LogP contribution in [0.25, 0.3) is 0 Å². The van der Waals surface area contributed by atoms with Gasteiger partial charge in [-0.1, -0.05) is 22.0 Å². The van der Waals surface area contributed by atoms with Crippen LogP contribution in [0.15, 0.2) is 22.7 Å². The Balaban J connectivity index is 2.81. The van der Waals surface area contributed by atoms with E-state index in [0.29, 0.717) is 12.2 Å². The van der Waals surface area contributed by atoms with Crippen molar-refractivity contribution in [3.05, 3.63) is 34.3 Å². The summed E-state index contributed by atoms with van der Waals surface area (Å²) in [5.74, 6) is -0.299. The Bertz CT molecular complexity index is 284. The van der Waals surface area contributed by atoms with Crippen molar-refractivity contribution in [2.75, 3.05) is 6.61 Å². The van der Waals surface area contributed by atoms with E-state index in [4.69, 9.17) is 4.74 Å². The summed E-state index contributed by atoms with van der Waals surface area (Å²) in [5, 5.41) is 0. The second-order valence-corrected chi connectivity index (χ2v) is 3.00. The van der Waals surface area contributed by atoms with Crippen LogP contribution in [0.5, 0.6) is 0 Å². The molecular formula is C9H8BrO2. The van der Waals surface area contributed by atoms with E-state index in [2.05, 4.69) is 22.0 Å². The van der Waals surface area contributed by atoms with E-state index in [1.807, 2.05) is 0 Å². The van der Waals surface area contributed by atoms with Gasteiger partial charge in [-0.2, -0.15) is 0 Å². The summed E-state index contributed by atoms with van der Waals surface area (Å²) in [6, 6.07) is 7.90. The van der Waals surface area contributed by atoms with Gasteiger partial charge in [-0.3, -0.25) is 0 Å². The Morgan fingerprint density at radius 1 is 1.75 bits per heavy atom.